The van der Waals surface area contributed by atoms with E-state index in [2.05, 4.69) is 20.6 Å². The number of carbonyl (C=O) groups excluding carboxylic acids is 2. The van der Waals surface area contributed by atoms with E-state index in [9.17, 15) is 9.59 Å². The number of ether oxygens (including phenoxy) is 1. The van der Waals surface area contributed by atoms with Crippen LogP contribution in [0.3, 0.4) is 0 Å². The molecule has 0 bridgehead atoms. The molecule has 0 aliphatic carbocycles. The van der Waals surface area contributed by atoms with Gasteiger partial charge in [0.1, 0.15) is 0 Å². The van der Waals surface area contributed by atoms with Crippen molar-refractivity contribution in [2.45, 2.75) is 0 Å². The molecule has 2 heterocycles. The maximum Gasteiger partial charge on any atom is 0.337 e. The molecule has 33 heavy (non-hydrogen) atoms. The molecule has 3 aromatic carbocycles. The Morgan fingerprint density at radius 1 is 0.970 bits per heavy atom. The van der Waals surface area contributed by atoms with Gasteiger partial charge in [-0.3, -0.25) is 4.79 Å². The van der Waals surface area contributed by atoms with Crippen molar-refractivity contribution in [1.82, 2.24) is 9.97 Å². The van der Waals surface area contributed by atoms with Crippen molar-refractivity contribution in [3.8, 4) is 11.3 Å². The third-order valence-electron chi connectivity index (χ3n) is 5.45. The van der Waals surface area contributed by atoms with Gasteiger partial charge < -0.3 is 20.4 Å². The Kier molecular flexibility index (Phi) is 5.20. The lowest BCUT2D eigenvalue weighted by Gasteiger charge is -2.15. The van der Waals surface area contributed by atoms with Crippen LogP contribution in [0.25, 0.3) is 22.5 Å². The number of rotatable bonds is 5. The Balaban J connectivity index is 1.58. The molecule has 0 fully saturated rings. The molecule has 0 radical (unpaired) electrons. The van der Waals surface area contributed by atoms with Crippen LogP contribution in [0.2, 0.25) is 0 Å². The van der Waals surface area contributed by atoms with Crippen LogP contribution in [0, 0.1) is 0 Å². The van der Waals surface area contributed by atoms with Crippen molar-refractivity contribution in [3.05, 3.63) is 102 Å². The van der Waals surface area contributed by atoms with Gasteiger partial charge in [-0.1, -0.05) is 48.5 Å². The lowest BCUT2D eigenvalue weighted by atomic mass is 9.99. The molecule has 5 rings (SSSR count). The molecule has 0 atom stereocenters. The number of nitrogens with zero attached hydrogens (tertiary/aromatic N) is 1. The van der Waals surface area contributed by atoms with Crippen LogP contribution in [0.5, 0.6) is 0 Å². The van der Waals surface area contributed by atoms with E-state index in [1.54, 1.807) is 24.5 Å². The average molecular weight is 436 g/mol. The number of imidazole rings is 1. The van der Waals surface area contributed by atoms with E-state index in [1.807, 2.05) is 60.8 Å². The molecule has 1 amide bonds. The van der Waals surface area contributed by atoms with Crippen molar-refractivity contribution in [2.75, 3.05) is 17.7 Å². The number of methoxy groups -OCH3 is 1. The maximum atomic E-state index is 13.1. The summed E-state index contributed by atoms with van der Waals surface area (Å²) in [7, 11) is 1.33. The minimum atomic E-state index is -0.456. The molecule has 1 aromatic heterocycles. The molecule has 0 saturated carbocycles. The van der Waals surface area contributed by atoms with Crippen LogP contribution in [-0.4, -0.2) is 29.0 Å². The quantitative estimate of drug-likeness (QED) is 0.309. The first-order valence-electron chi connectivity index (χ1n) is 10.3. The Bertz CT molecular complexity index is 1360. The number of amides is 1. The standard InChI is InChI=1S/C26H20N4O3/c1-33-26(32)18-9-12-20-21(13-18)30-25(31)23(20)24(17-5-3-2-4-6-17)29-19-10-7-16(8-11-19)22-14-27-15-28-22/h2-15,29H,1H3,(H,27,28)(H,30,31)/b24-23-. The van der Waals surface area contributed by atoms with Crippen LogP contribution in [0.1, 0.15) is 21.5 Å². The highest BCUT2D eigenvalue weighted by Gasteiger charge is 2.29. The zero-order valence-corrected chi connectivity index (χ0v) is 17.8. The molecular weight excluding hydrogens is 416 g/mol. The number of aromatic nitrogens is 2. The molecule has 1 aliphatic heterocycles. The average Bonchev–Trinajstić information content (AvgIpc) is 3.50. The number of nitrogens with one attached hydrogen (secondary N) is 3. The summed E-state index contributed by atoms with van der Waals surface area (Å²) in [5, 5.41) is 6.30. The van der Waals surface area contributed by atoms with Crippen molar-refractivity contribution in [1.29, 1.82) is 0 Å². The zero-order valence-electron chi connectivity index (χ0n) is 17.8. The lowest BCUT2D eigenvalue weighted by Crippen LogP contribution is -2.10. The maximum absolute atomic E-state index is 13.1. The minimum Gasteiger partial charge on any atom is -0.465 e. The number of hydrogen-bond donors (Lipinski definition) is 3. The van der Waals surface area contributed by atoms with Crippen molar-refractivity contribution >= 4 is 34.5 Å². The van der Waals surface area contributed by atoms with Crippen molar-refractivity contribution in [3.63, 3.8) is 0 Å². The minimum absolute atomic E-state index is 0.244. The van der Waals surface area contributed by atoms with Crippen LogP contribution in [0.4, 0.5) is 11.4 Å². The zero-order chi connectivity index (χ0) is 22.8. The van der Waals surface area contributed by atoms with Gasteiger partial charge in [-0.25, -0.2) is 9.78 Å². The lowest BCUT2D eigenvalue weighted by molar-refractivity contribution is -0.110. The van der Waals surface area contributed by atoms with Gasteiger partial charge in [0.25, 0.3) is 5.91 Å². The van der Waals surface area contributed by atoms with Crippen LogP contribution >= 0.6 is 0 Å². The van der Waals surface area contributed by atoms with E-state index in [4.69, 9.17) is 4.74 Å². The number of H-pyrrole nitrogens is 1. The third-order valence-corrected chi connectivity index (χ3v) is 5.45. The molecule has 0 saturated heterocycles. The van der Waals surface area contributed by atoms with E-state index in [0.717, 1.165) is 22.5 Å². The van der Waals surface area contributed by atoms with E-state index in [1.165, 1.54) is 7.11 Å². The van der Waals surface area contributed by atoms with Gasteiger partial charge in [-0.05, 0) is 29.8 Å². The largest absolute Gasteiger partial charge is 0.465 e. The molecule has 3 N–H and O–H groups in total. The van der Waals surface area contributed by atoms with E-state index in [0.29, 0.717) is 28.1 Å². The SMILES string of the molecule is COC(=O)c1ccc2c(c1)NC(=O)/C2=C(\Nc1ccc(-c2c[nH]cn2)cc1)c1ccccc1. The highest BCUT2D eigenvalue weighted by molar-refractivity contribution is 6.37. The summed E-state index contributed by atoms with van der Waals surface area (Å²) in [5.74, 6) is -0.700. The first-order chi connectivity index (χ1) is 16.1. The van der Waals surface area contributed by atoms with Crippen LogP contribution in [0.15, 0.2) is 85.3 Å². The molecular formula is C26H20N4O3. The van der Waals surface area contributed by atoms with Gasteiger partial charge in [0.05, 0.1) is 41.7 Å². The van der Waals surface area contributed by atoms with Crippen LogP contribution in [-0.2, 0) is 9.53 Å². The van der Waals surface area contributed by atoms with Crippen molar-refractivity contribution < 1.29 is 14.3 Å². The van der Waals surface area contributed by atoms with Crippen LogP contribution < -0.4 is 10.6 Å². The molecule has 0 spiro atoms. The Labute approximate surface area is 190 Å². The second-order valence-corrected chi connectivity index (χ2v) is 7.48. The number of hydrogen-bond acceptors (Lipinski definition) is 5. The first kappa shape index (κ1) is 20.3. The summed E-state index contributed by atoms with van der Waals surface area (Å²) in [6.07, 6.45) is 3.48. The Morgan fingerprint density at radius 2 is 1.76 bits per heavy atom. The number of esters is 1. The molecule has 0 unspecified atom stereocenters. The molecule has 162 valence electrons. The van der Waals surface area contributed by atoms with Gasteiger partial charge in [0.15, 0.2) is 0 Å². The van der Waals surface area contributed by atoms with E-state index < -0.39 is 5.97 Å². The predicted octanol–water partition coefficient (Wildman–Crippen LogP) is 4.80. The first-order valence-corrected chi connectivity index (χ1v) is 10.3. The fourth-order valence-electron chi connectivity index (χ4n) is 3.84. The summed E-state index contributed by atoms with van der Waals surface area (Å²) in [6.45, 7) is 0. The van der Waals surface area contributed by atoms with Crippen molar-refractivity contribution in [2.24, 2.45) is 0 Å². The summed E-state index contributed by atoms with van der Waals surface area (Å²) < 4.78 is 4.80. The normalized spacial score (nSPS) is 13.8. The Morgan fingerprint density at radius 3 is 2.45 bits per heavy atom. The fraction of sp³-hybridized carbons (Fsp3) is 0.0385. The highest BCUT2D eigenvalue weighted by atomic mass is 16.5. The second kappa shape index (κ2) is 8.47. The molecule has 4 aromatic rings. The second-order valence-electron chi connectivity index (χ2n) is 7.48. The summed E-state index contributed by atoms with van der Waals surface area (Å²) in [5.41, 5.74) is 6.37. The smallest absolute Gasteiger partial charge is 0.337 e. The van der Waals surface area contributed by atoms with Gasteiger partial charge in [-0.15, -0.1) is 0 Å². The number of anilines is 2. The molecule has 7 heteroatoms. The Hall–Kier alpha value is -4.65. The van der Waals surface area contributed by atoms with Gasteiger partial charge in [0, 0.05) is 23.0 Å². The highest BCUT2D eigenvalue weighted by Crippen LogP contribution is 2.38. The molecule has 1 aliphatic rings. The number of carbonyl (C=O) groups is 2. The number of benzene rings is 3. The fourth-order valence-corrected chi connectivity index (χ4v) is 3.84. The number of fused-ring (bicyclic) bond motifs is 1. The van der Waals surface area contributed by atoms with Gasteiger partial charge in [0.2, 0.25) is 0 Å². The van der Waals surface area contributed by atoms with E-state index >= 15 is 0 Å². The van der Waals surface area contributed by atoms with E-state index in [-0.39, 0.29) is 5.91 Å². The topological polar surface area (TPSA) is 96.1 Å². The third kappa shape index (κ3) is 3.87. The van der Waals surface area contributed by atoms with Gasteiger partial charge >= 0.3 is 5.97 Å². The predicted molar refractivity (Wildman–Crippen MR) is 127 cm³/mol. The monoisotopic (exact) mass is 436 g/mol. The van der Waals surface area contributed by atoms with Gasteiger partial charge in [-0.2, -0.15) is 0 Å². The molecule has 7 nitrogen and oxygen atoms in total. The summed E-state index contributed by atoms with van der Waals surface area (Å²) in [6, 6.07) is 22.6. The summed E-state index contributed by atoms with van der Waals surface area (Å²) in [4.78, 5) is 32.2. The summed E-state index contributed by atoms with van der Waals surface area (Å²) >= 11 is 0. The number of aromatic amines is 1.